The van der Waals surface area contributed by atoms with Crippen molar-refractivity contribution in [2.24, 2.45) is 0 Å². The average molecular weight is 266 g/mol. The van der Waals surface area contributed by atoms with Crippen LogP contribution in [-0.4, -0.2) is 45.5 Å². The Kier molecular flexibility index (Phi) is 4.26. The van der Waals surface area contributed by atoms with E-state index in [1.54, 1.807) is 0 Å². The fourth-order valence-corrected chi connectivity index (χ4v) is 2.12. The molecule has 104 valence electrons. The monoisotopic (exact) mass is 266 g/mol. The van der Waals surface area contributed by atoms with Crippen LogP contribution in [0.2, 0.25) is 0 Å². The molecule has 2 unspecified atom stereocenters. The molecular formula is C12H18N4O3. The largest absolute Gasteiger partial charge is 0.343 e. The number of aromatic nitrogens is 2. The molecule has 2 amide bonds. The van der Waals surface area contributed by atoms with Crippen molar-refractivity contribution in [1.29, 1.82) is 0 Å². The van der Waals surface area contributed by atoms with Gasteiger partial charge in [-0.25, -0.2) is 0 Å². The molecule has 0 aliphatic carbocycles. The molecule has 0 radical (unpaired) electrons. The summed E-state index contributed by atoms with van der Waals surface area (Å²) >= 11 is 0. The Morgan fingerprint density at radius 3 is 3.00 bits per heavy atom. The minimum atomic E-state index is -0.423. The highest BCUT2D eigenvalue weighted by atomic mass is 16.5. The molecule has 1 N–H and O–H groups in total. The maximum Gasteiger partial charge on any atom is 0.247 e. The van der Waals surface area contributed by atoms with Crippen molar-refractivity contribution in [1.82, 2.24) is 20.4 Å². The Hall–Kier alpha value is -1.76. The van der Waals surface area contributed by atoms with Crippen LogP contribution in [0.4, 0.5) is 0 Å². The lowest BCUT2D eigenvalue weighted by Crippen LogP contribution is -2.43. The lowest BCUT2D eigenvalue weighted by atomic mass is 10.2. The normalized spacial score (nSPS) is 21.2. The Morgan fingerprint density at radius 2 is 2.37 bits per heavy atom. The number of imide groups is 1. The first-order valence-corrected chi connectivity index (χ1v) is 6.48. The third-order valence-corrected chi connectivity index (χ3v) is 3.36. The molecule has 0 saturated carbocycles. The zero-order valence-corrected chi connectivity index (χ0v) is 11.1. The minimum Gasteiger partial charge on any atom is -0.343 e. The van der Waals surface area contributed by atoms with Crippen LogP contribution in [0, 0.1) is 0 Å². The maximum atomic E-state index is 12.1. The van der Waals surface area contributed by atoms with Crippen molar-refractivity contribution < 1.29 is 14.1 Å². The number of nitrogens with zero attached hydrogens (tertiary/aromatic N) is 3. The number of likely N-dealkylation sites (tertiary alicyclic amines) is 1. The van der Waals surface area contributed by atoms with Gasteiger partial charge in [-0.05, 0) is 13.3 Å². The first-order valence-electron chi connectivity index (χ1n) is 6.48. The summed E-state index contributed by atoms with van der Waals surface area (Å²) < 4.78 is 4.62. The van der Waals surface area contributed by atoms with Gasteiger partial charge in [-0.15, -0.1) is 0 Å². The van der Waals surface area contributed by atoms with Gasteiger partial charge >= 0.3 is 0 Å². The van der Waals surface area contributed by atoms with Crippen LogP contribution < -0.4 is 5.32 Å². The second kappa shape index (κ2) is 5.92. The summed E-state index contributed by atoms with van der Waals surface area (Å²) in [5.74, 6) is 0.354. The summed E-state index contributed by atoms with van der Waals surface area (Å²) in [6, 6.07) is -0.461. The summed E-state index contributed by atoms with van der Waals surface area (Å²) in [4.78, 5) is 29.2. The standard InChI is InChI=1S/C12H18N4O3/c1-3-8(2)16-11(17)6-9(12(16)18)13-5-4-10-14-7-19-15-10/h7-9,13H,3-6H2,1-2H3. The number of carbonyl (C=O) groups is 2. The number of rotatable bonds is 6. The van der Waals surface area contributed by atoms with E-state index in [2.05, 4.69) is 20.0 Å². The van der Waals surface area contributed by atoms with E-state index in [1.807, 2.05) is 13.8 Å². The van der Waals surface area contributed by atoms with E-state index in [0.29, 0.717) is 18.8 Å². The van der Waals surface area contributed by atoms with Crippen LogP contribution in [-0.2, 0) is 16.0 Å². The first-order chi connectivity index (χ1) is 9.13. The highest BCUT2D eigenvalue weighted by Crippen LogP contribution is 2.17. The zero-order valence-electron chi connectivity index (χ0n) is 11.1. The van der Waals surface area contributed by atoms with E-state index >= 15 is 0 Å². The molecule has 1 fully saturated rings. The van der Waals surface area contributed by atoms with Crippen molar-refractivity contribution in [2.75, 3.05) is 6.54 Å². The molecule has 0 bridgehead atoms. The van der Waals surface area contributed by atoms with E-state index in [-0.39, 0.29) is 24.3 Å². The van der Waals surface area contributed by atoms with Crippen LogP contribution in [0.1, 0.15) is 32.5 Å². The molecule has 1 aromatic rings. The van der Waals surface area contributed by atoms with E-state index < -0.39 is 6.04 Å². The number of carbonyl (C=O) groups excluding carboxylic acids is 2. The van der Waals surface area contributed by atoms with E-state index in [1.165, 1.54) is 11.3 Å². The Bertz CT molecular complexity index is 446. The Balaban J connectivity index is 1.85. The van der Waals surface area contributed by atoms with Gasteiger partial charge < -0.3 is 9.84 Å². The third-order valence-electron chi connectivity index (χ3n) is 3.36. The number of hydrogen-bond acceptors (Lipinski definition) is 6. The van der Waals surface area contributed by atoms with Crippen LogP contribution in [0.15, 0.2) is 10.9 Å². The molecule has 0 aromatic carbocycles. The van der Waals surface area contributed by atoms with Crippen molar-refractivity contribution in [3.63, 3.8) is 0 Å². The molecule has 7 heteroatoms. The van der Waals surface area contributed by atoms with Crippen molar-refractivity contribution in [2.45, 2.75) is 45.2 Å². The van der Waals surface area contributed by atoms with Gasteiger partial charge in [-0.2, -0.15) is 4.98 Å². The summed E-state index contributed by atoms with van der Waals surface area (Å²) in [5, 5.41) is 6.76. The maximum absolute atomic E-state index is 12.1. The van der Waals surface area contributed by atoms with Gasteiger partial charge in [0.15, 0.2) is 5.82 Å². The minimum absolute atomic E-state index is 0.0380. The lowest BCUT2D eigenvalue weighted by Gasteiger charge is -2.21. The molecule has 1 aromatic heterocycles. The van der Waals surface area contributed by atoms with E-state index in [4.69, 9.17) is 0 Å². The molecule has 1 aliphatic heterocycles. The Morgan fingerprint density at radius 1 is 1.58 bits per heavy atom. The molecule has 2 heterocycles. The highest BCUT2D eigenvalue weighted by molar-refractivity contribution is 6.05. The first kappa shape index (κ1) is 13.7. The summed E-state index contributed by atoms with van der Waals surface area (Å²) in [5.41, 5.74) is 0. The smallest absolute Gasteiger partial charge is 0.247 e. The van der Waals surface area contributed by atoms with Crippen LogP contribution in [0.5, 0.6) is 0 Å². The molecule has 2 atom stereocenters. The van der Waals surface area contributed by atoms with Crippen LogP contribution in [0.25, 0.3) is 0 Å². The summed E-state index contributed by atoms with van der Waals surface area (Å²) in [6.45, 7) is 4.39. The SMILES string of the molecule is CCC(C)N1C(=O)CC(NCCc2ncon2)C1=O. The van der Waals surface area contributed by atoms with Crippen LogP contribution in [0.3, 0.4) is 0 Å². The fraction of sp³-hybridized carbons (Fsp3) is 0.667. The quantitative estimate of drug-likeness (QED) is 0.736. The number of hydrogen-bond donors (Lipinski definition) is 1. The van der Waals surface area contributed by atoms with E-state index in [9.17, 15) is 9.59 Å². The zero-order chi connectivity index (χ0) is 13.8. The highest BCUT2D eigenvalue weighted by Gasteiger charge is 2.40. The van der Waals surface area contributed by atoms with Gasteiger partial charge in [0.1, 0.15) is 0 Å². The average Bonchev–Trinajstić information content (AvgIpc) is 2.98. The molecule has 0 spiro atoms. The molecule has 1 saturated heterocycles. The van der Waals surface area contributed by atoms with Gasteiger partial charge in [-0.1, -0.05) is 12.1 Å². The Labute approximate surface area is 111 Å². The molecular weight excluding hydrogens is 248 g/mol. The number of nitrogens with one attached hydrogen (secondary N) is 1. The van der Waals surface area contributed by atoms with Crippen molar-refractivity contribution in [3.8, 4) is 0 Å². The van der Waals surface area contributed by atoms with Gasteiger partial charge in [0.2, 0.25) is 18.2 Å². The predicted octanol–water partition coefficient (Wildman–Crippen LogP) is 0.128. The number of amides is 2. The van der Waals surface area contributed by atoms with Gasteiger partial charge in [0.25, 0.3) is 0 Å². The molecule has 19 heavy (non-hydrogen) atoms. The van der Waals surface area contributed by atoms with Gasteiger partial charge in [0.05, 0.1) is 12.5 Å². The third kappa shape index (κ3) is 2.98. The van der Waals surface area contributed by atoms with Crippen molar-refractivity contribution in [3.05, 3.63) is 12.2 Å². The summed E-state index contributed by atoms with van der Waals surface area (Å²) in [7, 11) is 0. The van der Waals surface area contributed by atoms with Crippen LogP contribution >= 0.6 is 0 Å². The summed E-state index contributed by atoms with van der Waals surface area (Å²) in [6.07, 6.45) is 2.84. The second-order valence-electron chi connectivity index (χ2n) is 4.67. The molecule has 7 nitrogen and oxygen atoms in total. The van der Waals surface area contributed by atoms with Gasteiger partial charge in [-0.3, -0.25) is 14.5 Å². The van der Waals surface area contributed by atoms with E-state index in [0.717, 1.165) is 6.42 Å². The molecule has 1 aliphatic rings. The molecule has 2 rings (SSSR count). The predicted molar refractivity (Wildman–Crippen MR) is 66.0 cm³/mol. The lowest BCUT2D eigenvalue weighted by molar-refractivity contribution is -0.141. The topological polar surface area (TPSA) is 88.3 Å². The fourth-order valence-electron chi connectivity index (χ4n) is 2.12. The second-order valence-corrected chi connectivity index (χ2v) is 4.67. The van der Waals surface area contributed by atoms with Gasteiger partial charge in [0, 0.05) is 19.0 Å². The van der Waals surface area contributed by atoms with Crippen molar-refractivity contribution >= 4 is 11.8 Å².